The van der Waals surface area contributed by atoms with Crippen LogP contribution in [0.3, 0.4) is 0 Å². The lowest BCUT2D eigenvalue weighted by Crippen LogP contribution is -2.28. The van der Waals surface area contributed by atoms with Crippen LogP contribution in [-0.4, -0.2) is 20.3 Å². The Morgan fingerprint density at radius 1 is 1.19 bits per heavy atom. The van der Waals surface area contributed by atoms with Crippen molar-refractivity contribution in [2.24, 2.45) is 0 Å². The minimum Gasteiger partial charge on any atom is -0.358 e. The summed E-state index contributed by atoms with van der Waals surface area (Å²) in [5, 5.41) is 13.0. The molecule has 3 aromatic rings. The van der Waals surface area contributed by atoms with Crippen LogP contribution < -0.4 is 0 Å². The summed E-state index contributed by atoms with van der Waals surface area (Å²) in [6.07, 6.45) is 5.07. The monoisotopic (exact) mass is 365 g/mol. The molecule has 0 spiro atoms. The molecule has 0 saturated carbocycles. The third kappa shape index (κ3) is 2.97. The average Bonchev–Trinajstić information content (AvgIpc) is 3.34. The Hall–Kier alpha value is -3.06. The van der Waals surface area contributed by atoms with E-state index in [9.17, 15) is 14.9 Å². The molecule has 26 heavy (non-hydrogen) atoms. The minimum atomic E-state index is -0.547. The molecular formula is C19H15N3O3S. The van der Waals surface area contributed by atoms with E-state index in [4.69, 9.17) is 0 Å². The van der Waals surface area contributed by atoms with Gasteiger partial charge < -0.3 is 10.1 Å². The van der Waals surface area contributed by atoms with Gasteiger partial charge in [-0.1, -0.05) is 36.4 Å². The fourth-order valence-corrected chi connectivity index (χ4v) is 4.18. The molecule has 0 amide bonds. The molecule has 0 radical (unpaired) electrons. The van der Waals surface area contributed by atoms with E-state index in [1.165, 1.54) is 12.5 Å². The molecule has 2 heterocycles. The lowest BCUT2D eigenvalue weighted by Gasteiger charge is -2.30. The van der Waals surface area contributed by atoms with Crippen LogP contribution in [0.2, 0.25) is 0 Å². The van der Waals surface area contributed by atoms with Gasteiger partial charge in [0.05, 0.1) is 0 Å². The van der Waals surface area contributed by atoms with Crippen LogP contribution in [-0.2, 0) is 4.79 Å². The van der Waals surface area contributed by atoms with Gasteiger partial charge in [0.25, 0.3) is 0 Å². The Morgan fingerprint density at radius 3 is 2.65 bits per heavy atom. The molecule has 2 atom stereocenters. The van der Waals surface area contributed by atoms with E-state index in [1.807, 2.05) is 47.8 Å². The molecule has 0 saturated heterocycles. The van der Waals surface area contributed by atoms with Crippen LogP contribution in [0.1, 0.15) is 28.8 Å². The number of hydrogen-bond acceptors (Lipinski definition) is 5. The zero-order valence-corrected chi connectivity index (χ0v) is 14.5. The number of allylic oxidation sites excluding steroid dienone is 2. The van der Waals surface area contributed by atoms with E-state index in [1.54, 1.807) is 22.0 Å². The number of rotatable bonds is 4. The summed E-state index contributed by atoms with van der Waals surface area (Å²) in [5.74, 6) is -0.432. The van der Waals surface area contributed by atoms with E-state index >= 15 is 0 Å². The number of hydrogen-bond donors (Lipinski definition) is 0. The van der Waals surface area contributed by atoms with Gasteiger partial charge in [-0.2, -0.15) is 0 Å². The first kappa shape index (κ1) is 16.4. The molecule has 7 heteroatoms. The quantitative estimate of drug-likeness (QED) is 0.512. The van der Waals surface area contributed by atoms with Crippen LogP contribution in [0.4, 0.5) is 5.82 Å². The summed E-state index contributed by atoms with van der Waals surface area (Å²) in [6, 6.07) is 13.2. The van der Waals surface area contributed by atoms with E-state index in [0.717, 1.165) is 16.0 Å². The minimum absolute atomic E-state index is 0.0687. The number of nitro groups is 1. The SMILES string of the molecule is O=C1C=C(c2cccs2)C[C@H](c2ccccc2)[C@@H]1n1cnc([N+](=O)[O-])c1. The summed E-state index contributed by atoms with van der Waals surface area (Å²) in [4.78, 5) is 28.3. The normalized spacial score (nSPS) is 20.0. The van der Waals surface area contributed by atoms with E-state index in [2.05, 4.69) is 4.98 Å². The molecule has 1 aromatic carbocycles. The van der Waals surface area contributed by atoms with Gasteiger partial charge in [0.2, 0.25) is 6.33 Å². The van der Waals surface area contributed by atoms with Gasteiger partial charge in [0, 0.05) is 10.8 Å². The highest BCUT2D eigenvalue weighted by molar-refractivity contribution is 7.11. The van der Waals surface area contributed by atoms with Gasteiger partial charge in [-0.3, -0.25) is 9.36 Å². The van der Waals surface area contributed by atoms with Gasteiger partial charge in [-0.25, -0.2) is 0 Å². The number of nitrogens with zero attached hydrogens (tertiary/aromatic N) is 3. The highest BCUT2D eigenvalue weighted by atomic mass is 32.1. The fourth-order valence-electron chi connectivity index (χ4n) is 3.42. The Morgan fingerprint density at radius 2 is 2.00 bits per heavy atom. The number of ketones is 1. The van der Waals surface area contributed by atoms with E-state index < -0.39 is 11.0 Å². The Balaban J connectivity index is 1.78. The molecule has 4 rings (SSSR count). The largest absolute Gasteiger partial charge is 0.381 e. The zero-order valence-electron chi connectivity index (χ0n) is 13.7. The van der Waals surface area contributed by atoms with Crippen molar-refractivity contribution in [2.75, 3.05) is 0 Å². The summed E-state index contributed by atoms with van der Waals surface area (Å²) in [7, 11) is 0. The highest BCUT2D eigenvalue weighted by Crippen LogP contribution is 2.43. The third-order valence-corrected chi connectivity index (χ3v) is 5.54. The fraction of sp³-hybridized carbons (Fsp3) is 0.158. The van der Waals surface area contributed by atoms with Crippen molar-refractivity contribution in [3.05, 3.63) is 87.0 Å². The lowest BCUT2D eigenvalue weighted by molar-refractivity contribution is -0.389. The van der Waals surface area contributed by atoms with Crippen molar-refractivity contribution in [3.8, 4) is 0 Å². The first-order valence-corrected chi connectivity index (χ1v) is 9.02. The molecule has 1 aliphatic rings. The van der Waals surface area contributed by atoms with Crippen molar-refractivity contribution >= 4 is 28.5 Å². The molecule has 0 fully saturated rings. The van der Waals surface area contributed by atoms with Crippen molar-refractivity contribution < 1.29 is 9.72 Å². The maximum atomic E-state index is 13.0. The molecule has 0 aliphatic heterocycles. The van der Waals surface area contributed by atoms with Gasteiger partial charge >= 0.3 is 5.82 Å². The molecule has 0 bridgehead atoms. The predicted molar refractivity (Wildman–Crippen MR) is 99.0 cm³/mol. The zero-order chi connectivity index (χ0) is 18.1. The van der Waals surface area contributed by atoms with E-state index in [0.29, 0.717) is 6.42 Å². The second-order valence-electron chi connectivity index (χ2n) is 6.15. The molecule has 6 nitrogen and oxygen atoms in total. The van der Waals surface area contributed by atoms with Crippen LogP contribution in [0.25, 0.3) is 5.57 Å². The number of carbonyl (C=O) groups is 1. The Labute approximate surface area is 153 Å². The second kappa shape index (κ2) is 6.68. The summed E-state index contributed by atoms with van der Waals surface area (Å²) in [6.45, 7) is 0. The second-order valence-corrected chi connectivity index (χ2v) is 7.10. The molecule has 0 N–H and O–H groups in total. The topological polar surface area (TPSA) is 78.0 Å². The van der Waals surface area contributed by atoms with Crippen molar-refractivity contribution in [3.63, 3.8) is 0 Å². The smallest absolute Gasteiger partial charge is 0.358 e. The van der Waals surface area contributed by atoms with Gasteiger partial charge in [0.1, 0.15) is 12.2 Å². The number of imidazole rings is 1. The first-order valence-electron chi connectivity index (χ1n) is 8.14. The number of carbonyl (C=O) groups excluding carboxylic acids is 1. The lowest BCUT2D eigenvalue weighted by atomic mass is 9.79. The molecule has 0 unspecified atom stereocenters. The van der Waals surface area contributed by atoms with Gasteiger partial charge in [-0.05, 0) is 45.0 Å². The number of benzene rings is 1. The van der Waals surface area contributed by atoms with Crippen LogP contribution >= 0.6 is 11.3 Å². The maximum absolute atomic E-state index is 13.0. The summed E-state index contributed by atoms with van der Waals surface area (Å²) < 4.78 is 1.57. The molecule has 1 aliphatic carbocycles. The summed E-state index contributed by atoms with van der Waals surface area (Å²) >= 11 is 1.60. The van der Waals surface area contributed by atoms with Crippen LogP contribution in [0.5, 0.6) is 0 Å². The molecule has 130 valence electrons. The number of thiophene rings is 1. The maximum Gasteiger partial charge on any atom is 0.381 e. The Bertz CT molecular complexity index is 977. The van der Waals surface area contributed by atoms with Crippen LogP contribution in [0.15, 0.2) is 66.4 Å². The third-order valence-electron chi connectivity index (χ3n) is 4.59. The standard InChI is InChI=1S/C19H15N3O3S/c23-16-10-14(17-7-4-8-26-17)9-15(13-5-2-1-3-6-13)19(16)21-11-18(20-12-21)22(24)25/h1-8,10-12,15,19H,9H2/t15-,19+/m1/s1. The van der Waals surface area contributed by atoms with Crippen molar-refractivity contribution in [2.45, 2.75) is 18.4 Å². The highest BCUT2D eigenvalue weighted by Gasteiger charge is 2.36. The Kier molecular flexibility index (Phi) is 4.22. The molecular weight excluding hydrogens is 350 g/mol. The average molecular weight is 365 g/mol. The van der Waals surface area contributed by atoms with Gasteiger partial charge in [0.15, 0.2) is 5.78 Å². The first-order chi connectivity index (χ1) is 12.6. The van der Waals surface area contributed by atoms with Crippen molar-refractivity contribution in [1.82, 2.24) is 9.55 Å². The van der Waals surface area contributed by atoms with Crippen molar-refractivity contribution in [1.29, 1.82) is 0 Å². The molecule has 2 aromatic heterocycles. The van der Waals surface area contributed by atoms with E-state index in [-0.39, 0.29) is 17.5 Å². The predicted octanol–water partition coefficient (Wildman–Crippen LogP) is 4.23. The van der Waals surface area contributed by atoms with Crippen LogP contribution in [0, 0.1) is 10.1 Å². The summed E-state index contributed by atoms with van der Waals surface area (Å²) in [5.41, 5.74) is 2.04. The van der Waals surface area contributed by atoms with Gasteiger partial charge in [-0.15, -0.1) is 11.3 Å². The number of aromatic nitrogens is 2.